The SMILES string of the molecule is CC(C)(C)SC1CC2CC(=O)N2C1C(=O)O. The first-order valence-corrected chi connectivity index (χ1v) is 6.39. The molecule has 1 N–H and O–H groups in total. The molecule has 0 aromatic carbocycles. The van der Waals surface area contributed by atoms with Gasteiger partial charge in [0.1, 0.15) is 6.04 Å². The van der Waals surface area contributed by atoms with Crippen LogP contribution in [0.15, 0.2) is 0 Å². The Bertz CT molecular complexity index is 337. The Kier molecular flexibility index (Phi) is 2.69. The van der Waals surface area contributed by atoms with Crippen LogP contribution in [0.5, 0.6) is 0 Å². The number of fused-ring (bicyclic) bond motifs is 1. The molecule has 90 valence electrons. The number of aliphatic carboxylic acids is 1. The van der Waals surface area contributed by atoms with Crippen LogP contribution in [-0.4, -0.2) is 44.0 Å². The second-order valence-electron chi connectivity index (χ2n) is 5.45. The third-order valence-corrected chi connectivity index (χ3v) is 4.47. The van der Waals surface area contributed by atoms with Crippen LogP contribution in [0.1, 0.15) is 33.6 Å². The number of amides is 1. The molecule has 2 aliphatic rings. The third-order valence-electron chi connectivity index (χ3n) is 3.01. The molecule has 4 nitrogen and oxygen atoms in total. The smallest absolute Gasteiger partial charge is 0.327 e. The molecule has 0 aromatic rings. The van der Waals surface area contributed by atoms with Gasteiger partial charge >= 0.3 is 5.97 Å². The Morgan fingerprint density at radius 2 is 2.12 bits per heavy atom. The first kappa shape index (κ1) is 11.8. The summed E-state index contributed by atoms with van der Waals surface area (Å²) in [6.07, 6.45) is 1.36. The monoisotopic (exact) mass is 243 g/mol. The van der Waals surface area contributed by atoms with Crippen molar-refractivity contribution in [2.24, 2.45) is 0 Å². The van der Waals surface area contributed by atoms with E-state index in [2.05, 4.69) is 20.8 Å². The number of carbonyl (C=O) groups excluding carboxylic acids is 1. The number of carboxylic acids is 1. The summed E-state index contributed by atoms with van der Waals surface area (Å²) in [6.45, 7) is 6.23. The van der Waals surface area contributed by atoms with Gasteiger partial charge in [0.2, 0.25) is 5.91 Å². The predicted octanol–water partition coefficient (Wildman–Crippen LogP) is 1.34. The van der Waals surface area contributed by atoms with E-state index < -0.39 is 12.0 Å². The molecule has 0 radical (unpaired) electrons. The fourth-order valence-corrected chi connectivity index (χ4v) is 4.10. The van der Waals surface area contributed by atoms with Crippen LogP contribution in [0, 0.1) is 0 Å². The number of carboxylic acid groups (broad SMARTS) is 1. The van der Waals surface area contributed by atoms with Gasteiger partial charge < -0.3 is 10.0 Å². The lowest BCUT2D eigenvalue weighted by Crippen LogP contribution is -2.55. The minimum absolute atomic E-state index is 0.00518. The van der Waals surface area contributed by atoms with E-state index in [-0.39, 0.29) is 21.9 Å². The number of rotatable bonds is 2. The number of carbonyl (C=O) groups is 2. The van der Waals surface area contributed by atoms with Gasteiger partial charge in [0.25, 0.3) is 0 Å². The average molecular weight is 243 g/mol. The van der Waals surface area contributed by atoms with E-state index in [0.717, 1.165) is 6.42 Å². The van der Waals surface area contributed by atoms with Gasteiger partial charge in [-0.15, -0.1) is 11.8 Å². The molecule has 2 aliphatic heterocycles. The molecule has 3 atom stereocenters. The number of thioether (sulfide) groups is 1. The van der Waals surface area contributed by atoms with E-state index in [4.69, 9.17) is 0 Å². The van der Waals surface area contributed by atoms with E-state index >= 15 is 0 Å². The lowest BCUT2D eigenvalue weighted by atomic mass is 10.0. The second-order valence-corrected chi connectivity index (χ2v) is 7.51. The zero-order valence-electron chi connectivity index (χ0n) is 9.77. The van der Waals surface area contributed by atoms with Crippen LogP contribution >= 0.6 is 11.8 Å². The predicted molar refractivity (Wildman–Crippen MR) is 62.4 cm³/mol. The summed E-state index contributed by atoms with van der Waals surface area (Å²) < 4.78 is 0.0340. The van der Waals surface area contributed by atoms with Crippen LogP contribution in [0.4, 0.5) is 0 Å². The minimum Gasteiger partial charge on any atom is -0.480 e. The summed E-state index contributed by atoms with van der Waals surface area (Å²) in [5.41, 5.74) is 0. The zero-order valence-corrected chi connectivity index (χ0v) is 10.6. The summed E-state index contributed by atoms with van der Waals surface area (Å²) in [7, 11) is 0. The zero-order chi connectivity index (χ0) is 12.1. The average Bonchev–Trinajstić information content (AvgIpc) is 2.35. The van der Waals surface area contributed by atoms with Gasteiger partial charge in [0.05, 0.1) is 0 Å². The normalized spacial score (nSPS) is 33.6. The number of hydrogen-bond donors (Lipinski definition) is 1. The lowest BCUT2D eigenvalue weighted by molar-refractivity contribution is -0.156. The maximum atomic E-state index is 11.4. The fraction of sp³-hybridized carbons (Fsp3) is 0.818. The highest BCUT2D eigenvalue weighted by Gasteiger charge is 2.54. The van der Waals surface area contributed by atoms with Gasteiger partial charge in [-0.25, -0.2) is 4.79 Å². The Morgan fingerprint density at radius 3 is 2.56 bits per heavy atom. The van der Waals surface area contributed by atoms with Crippen molar-refractivity contribution in [1.29, 1.82) is 0 Å². The summed E-state index contributed by atoms with van der Waals surface area (Å²) in [5, 5.41) is 9.25. The van der Waals surface area contributed by atoms with Crippen molar-refractivity contribution >= 4 is 23.6 Å². The third kappa shape index (κ3) is 1.93. The van der Waals surface area contributed by atoms with Crippen molar-refractivity contribution in [3.05, 3.63) is 0 Å². The van der Waals surface area contributed by atoms with Crippen molar-refractivity contribution < 1.29 is 14.7 Å². The van der Waals surface area contributed by atoms with Crippen LogP contribution in [0.2, 0.25) is 0 Å². The molecule has 0 saturated carbocycles. The molecule has 0 aromatic heterocycles. The van der Waals surface area contributed by atoms with Crippen LogP contribution in [-0.2, 0) is 9.59 Å². The quantitative estimate of drug-likeness (QED) is 0.744. The van der Waals surface area contributed by atoms with Crippen molar-refractivity contribution in [1.82, 2.24) is 4.90 Å². The maximum Gasteiger partial charge on any atom is 0.327 e. The molecule has 2 heterocycles. The summed E-state index contributed by atoms with van der Waals surface area (Å²) >= 11 is 1.68. The van der Waals surface area contributed by atoms with E-state index in [9.17, 15) is 14.7 Å². The largest absolute Gasteiger partial charge is 0.480 e. The Labute approximate surface area is 99.4 Å². The van der Waals surface area contributed by atoms with E-state index in [1.165, 1.54) is 0 Å². The van der Waals surface area contributed by atoms with Crippen molar-refractivity contribution in [2.75, 3.05) is 0 Å². The van der Waals surface area contributed by atoms with Crippen molar-refractivity contribution in [2.45, 2.75) is 55.7 Å². The van der Waals surface area contributed by atoms with Gasteiger partial charge in [0.15, 0.2) is 0 Å². The fourth-order valence-electron chi connectivity index (χ4n) is 2.50. The van der Waals surface area contributed by atoms with E-state index in [0.29, 0.717) is 6.42 Å². The molecule has 0 bridgehead atoms. The van der Waals surface area contributed by atoms with E-state index in [1.807, 2.05) is 0 Å². The van der Waals surface area contributed by atoms with Gasteiger partial charge in [-0.1, -0.05) is 20.8 Å². The maximum absolute atomic E-state index is 11.4. The number of nitrogens with zero attached hydrogens (tertiary/aromatic N) is 1. The minimum atomic E-state index is -0.864. The molecule has 0 aliphatic carbocycles. The van der Waals surface area contributed by atoms with Crippen LogP contribution in [0.3, 0.4) is 0 Å². The highest BCUT2D eigenvalue weighted by molar-refractivity contribution is 8.01. The highest BCUT2D eigenvalue weighted by atomic mass is 32.2. The molecular weight excluding hydrogens is 226 g/mol. The number of β-lactam (4-membered cyclic amide) rings is 1. The lowest BCUT2D eigenvalue weighted by Gasteiger charge is -2.37. The number of hydrogen-bond acceptors (Lipinski definition) is 3. The molecule has 0 spiro atoms. The van der Waals surface area contributed by atoms with Crippen molar-refractivity contribution in [3.8, 4) is 0 Å². The van der Waals surface area contributed by atoms with Gasteiger partial charge in [0, 0.05) is 22.5 Å². The topological polar surface area (TPSA) is 57.6 Å². The van der Waals surface area contributed by atoms with Gasteiger partial charge in [-0.2, -0.15) is 0 Å². The standard InChI is InChI=1S/C11H17NO3S/c1-11(2,3)16-7-4-6-5-8(13)12(6)9(7)10(14)15/h6-7,9H,4-5H2,1-3H3,(H,14,15). The first-order chi connectivity index (χ1) is 7.29. The molecule has 5 heteroatoms. The molecule has 2 saturated heterocycles. The molecule has 2 rings (SSSR count). The molecule has 16 heavy (non-hydrogen) atoms. The van der Waals surface area contributed by atoms with Crippen LogP contribution in [0.25, 0.3) is 0 Å². The summed E-state index contributed by atoms with van der Waals surface area (Å²) in [4.78, 5) is 24.2. The summed E-state index contributed by atoms with van der Waals surface area (Å²) in [5.74, 6) is -0.869. The molecular formula is C11H17NO3S. The Morgan fingerprint density at radius 1 is 1.50 bits per heavy atom. The highest BCUT2D eigenvalue weighted by Crippen LogP contribution is 2.44. The molecule has 2 fully saturated rings. The second kappa shape index (κ2) is 3.65. The Hall–Kier alpha value is -0.710. The molecule has 1 amide bonds. The van der Waals surface area contributed by atoms with Gasteiger partial charge in [-0.3, -0.25) is 4.79 Å². The Balaban J connectivity index is 2.14. The first-order valence-electron chi connectivity index (χ1n) is 5.51. The summed E-state index contributed by atoms with van der Waals surface area (Å²) in [6, 6.07) is -0.441. The van der Waals surface area contributed by atoms with Gasteiger partial charge in [-0.05, 0) is 6.42 Å². The van der Waals surface area contributed by atoms with Crippen molar-refractivity contribution in [3.63, 3.8) is 0 Å². The molecule has 3 unspecified atom stereocenters. The van der Waals surface area contributed by atoms with Crippen LogP contribution < -0.4 is 0 Å². The van der Waals surface area contributed by atoms with E-state index in [1.54, 1.807) is 16.7 Å².